The zero-order valence-electron chi connectivity index (χ0n) is 16.3. The number of amides is 1. The fraction of sp³-hybridized carbons (Fsp3) is 0.905. The Morgan fingerprint density at radius 2 is 2.07 bits per heavy atom. The molecule has 27 heavy (non-hydrogen) atoms. The van der Waals surface area contributed by atoms with Crippen molar-refractivity contribution in [1.29, 1.82) is 0 Å². The second kappa shape index (κ2) is 6.45. The number of rotatable bonds is 3. The van der Waals surface area contributed by atoms with E-state index >= 15 is 0 Å². The van der Waals surface area contributed by atoms with Gasteiger partial charge in [0.25, 0.3) is 0 Å². The fourth-order valence-electron chi connectivity index (χ4n) is 6.59. The third-order valence-electron chi connectivity index (χ3n) is 8.20. The third kappa shape index (κ3) is 3.00. The molecule has 5 fully saturated rings. The molecule has 0 unspecified atom stereocenters. The van der Waals surface area contributed by atoms with Crippen LogP contribution < -0.4 is 10.6 Å². The van der Waals surface area contributed by atoms with E-state index in [1.165, 1.54) is 19.3 Å². The fourth-order valence-corrected chi connectivity index (χ4v) is 6.59. The standard InChI is InChI=1S/C21H32N2O4/c1-20-6-4-7-21(12-26-21)17(20)9-13-14(19(25)27-16(13)10-20)11-23-15-5-2-3-8-22-18(15)24/h13-17,23H,2-12H2,1H3,(H,22,24)/t13-,14-,15+,16-,17-,20-,21+/m1/s1. The van der Waals surface area contributed by atoms with Gasteiger partial charge in [0.1, 0.15) is 6.10 Å². The van der Waals surface area contributed by atoms with E-state index in [0.717, 1.165) is 45.3 Å². The molecule has 3 aliphatic heterocycles. The highest BCUT2D eigenvalue weighted by molar-refractivity contribution is 5.82. The molecule has 0 radical (unpaired) electrons. The minimum absolute atomic E-state index is 0.0439. The van der Waals surface area contributed by atoms with Crippen LogP contribution in [0.25, 0.3) is 0 Å². The summed E-state index contributed by atoms with van der Waals surface area (Å²) in [5.74, 6) is 0.673. The van der Waals surface area contributed by atoms with Crippen LogP contribution in [0, 0.1) is 23.2 Å². The molecule has 1 amide bonds. The van der Waals surface area contributed by atoms with Crippen molar-refractivity contribution in [3.63, 3.8) is 0 Å². The number of hydrogen-bond acceptors (Lipinski definition) is 5. The highest BCUT2D eigenvalue weighted by atomic mass is 16.6. The van der Waals surface area contributed by atoms with Crippen molar-refractivity contribution in [2.24, 2.45) is 23.2 Å². The van der Waals surface area contributed by atoms with E-state index in [-0.39, 0.29) is 46.9 Å². The Balaban J connectivity index is 1.29. The highest BCUT2D eigenvalue weighted by Gasteiger charge is 2.65. The Morgan fingerprint density at radius 3 is 2.89 bits per heavy atom. The Hall–Kier alpha value is -1.14. The molecule has 2 saturated carbocycles. The molecule has 0 aromatic heterocycles. The average molecular weight is 376 g/mol. The number of carbonyl (C=O) groups is 2. The normalized spacial score (nSPS) is 49.0. The van der Waals surface area contributed by atoms with Crippen LogP contribution in [0.5, 0.6) is 0 Å². The lowest BCUT2D eigenvalue weighted by atomic mass is 9.53. The molecule has 1 spiro atoms. The maximum Gasteiger partial charge on any atom is 0.310 e. The minimum atomic E-state index is -0.180. The second-order valence-corrected chi connectivity index (χ2v) is 9.85. The smallest absolute Gasteiger partial charge is 0.310 e. The molecule has 2 aliphatic carbocycles. The van der Waals surface area contributed by atoms with Crippen molar-refractivity contribution in [2.45, 2.75) is 76.0 Å². The Labute approximate surface area is 161 Å². The van der Waals surface area contributed by atoms with Gasteiger partial charge in [0, 0.05) is 19.0 Å². The zero-order valence-corrected chi connectivity index (χ0v) is 16.3. The lowest BCUT2D eigenvalue weighted by Gasteiger charge is -2.51. The van der Waals surface area contributed by atoms with Crippen LogP contribution in [0.2, 0.25) is 0 Å². The van der Waals surface area contributed by atoms with Gasteiger partial charge < -0.3 is 20.1 Å². The van der Waals surface area contributed by atoms with Gasteiger partial charge in [0.15, 0.2) is 0 Å². The predicted molar refractivity (Wildman–Crippen MR) is 98.9 cm³/mol. The summed E-state index contributed by atoms with van der Waals surface area (Å²) in [6, 6.07) is -0.180. The summed E-state index contributed by atoms with van der Waals surface area (Å²) in [5.41, 5.74) is 0.322. The van der Waals surface area contributed by atoms with Gasteiger partial charge in [-0.2, -0.15) is 0 Å². The number of ether oxygens (including phenoxy) is 2. The molecule has 6 nitrogen and oxygen atoms in total. The topological polar surface area (TPSA) is 80.0 Å². The number of carbonyl (C=O) groups excluding carboxylic acids is 2. The number of esters is 1. The molecule has 5 rings (SSSR count). The van der Waals surface area contributed by atoms with Gasteiger partial charge in [0.05, 0.1) is 24.2 Å². The predicted octanol–water partition coefficient (Wildman–Crippen LogP) is 1.77. The molecule has 2 N–H and O–H groups in total. The van der Waals surface area contributed by atoms with Crippen LogP contribution in [-0.2, 0) is 19.1 Å². The van der Waals surface area contributed by atoms with E-state index in [2.05, 4.69) is 17.6 Å². The Morgan fingerprint density at radius 1 is 1.22 bits per heavy atom. The van der Waals surface area contributed by atoms with Crippen molar-refractivity contribution >= 4 is 11.9 Å². The summed E-state index contributed by atoms with van der Waals surface area (Å²) >= 11 is 0. The van der Waals surface area contributed by atoms with E-state index in [0.29, 0.717) is 12.5 Å². The molecule has 3 saturated heterocycles. The molecule has 6 heteroatoms. The largest absolute Gasteiger partial charge is 0.462 e. The number of epoxide rings is 1. The summed E-state index contributed by atoms with van der Waals surface area (Å²) in [6.07, 6.45) is 8.57. The van der Waals surface area contributed by atoms with Crippen molar-refractivity contribution in [1.82, 2.24) is 10.6 Å². The Kier molecular flexibility index (Phi) is 4.28. The molecular weight excluding hydrogens is 344 g/mol. The van der Waals surface area contributed by atoms with Crippen molar-refractivity contribution < 1.29 is 19.1 Å². The molecule has 150 valence electrons. The molecular formula is C21H32N2O4. The van der Waals surface area contributed by atoms with Crippen molar-refractivity contribution in [3.05, 3.63) is 0 Å². The molecule has 0 aromatic rings. The molecule has 0 aromatic carbocycles. The quantitative estimate of drug-likeness (QED) is 0.580. The first-order chi connectivity index (χ1) is 13.0. The Bertz CT molecular complexity index is 634. The van der Waals surface area contributed by atoms with Crippen LogP contribution in [0.1, 0.15) is 58.3 Å². The summed E-state index contributed by atoms with van der Waals surface area (Å²) in [5, 5.41) is 6.36. The SMILES string of the molecule is C[C@]12CCC[C@]3(CO3)[C@@H]1C[C@H]1[C@@H](C2)OC(=O)[C@@H]1CN[C@H]1CCCCNC1=O. The van der Waals surface area contributed by atoms with E-state index in [9.17, 15) is 9.59 Å². The van der Waals surface area contributed by atoms with Gasteiger partial charge in [0.2, 0.25) is 5.91 Å². The third-order valence-corrected chi connectivity index (χ3v) is 8.20. The average Bonchev–Trinajstić information content (AvgIpc) is 3.36. The molecule has 5 aliphatic rings. The van der Waals surface area contributed by atoms with E-state index in [1.807, 2.05) is 0 Å². The lowest BCUT2D eigenvalue weighted by molar-refractivity contribution is -0.147. The second-order valence-electron chi connectivity index (χ2n) is 9.85. The highest BCUT2D eigenvalue weighted by Crippen LogP contribution is 2.62. The number of fused-ring (bicyclic) bond motifs is 3. The molecule has 0 bridgehead atoms. The van der Waals surface area contributed by atoms with Gasteiger partial charge in [-0.15, -0.1) is 0 Å². The van der Waals surface area contributed by atoms with E-state index < -0.39 is 0 Å². The van der Waals surface area contributed by atoms with Crippen LogP contribution in [0.3, 0.4) is 0 Å². The summed E-state index contributed by atoms with van der Waals surface area (Å²) in [7, 11) is 0. The van der Waals surface area contributed by atoms with E-state index in [1.54, 1.807) is 0 Å². The monoisotopic (exact) mass is 376 g/mol. The van der Waals surface area contributed by atoms with Gasteiger partial charge in [-0.05, 0) is 62.7 Å². The van der Waals surface area contributed by atoms with Crippen LogP contribution in [-0.4, -0.2) is 49.3 Å². The molecule has 7 atom stereocenters. The number of hydrogen-bond donors (Lipinski definition) is 2. The van der Waals surface area contributed by atoms with Gasteiger partial charge in [-0.3, -0.25) is 9.59 Å². The van der Waals surface area contributed by atoms with Crippen LogP contribution in [0.15, 0.2) is 0 Å². The van der Waals surface area contributed by atoms with E-state index in [4.69, 9.17) is 9.47 Å². The molecule has 3 heterocycles. The van der Waals surface area contributed by atoms with Gasteiger partial charge in [-0.25, -0.2) is 0 Å². The number of nitrogens with one attached hydrogen (secondary N) is 2. The van der Waals surface area contributed by atoms with Gasteiger partial charge >= 0.3 is 5.97 Å². The maximum absolute atomic E-state index is 12.7. The van der Waals surface area contributed by atoms with Crippen molar-refractivity contribution in [3.8, 4) is 0 Å². The summed E-state index contributed by atoms with van der Waals surface area (Å²) in [4.78, 5) is 24.9. The first-order valence-corrected chi connectivity index (χ1v) is 10.9. The van der Waals surface area contributed by atoms with Gasteiger partial charge in [-0.1, -0.05) is 6.92 Å². The minimum Gasteiger partial charge on any atom is -0.462 e. The first kappa shape index (κ1) is 17.9. The summed E-state index contributed by atoms with van der Waals surface area (Å²) in [6.45, 7) is 4.58. The zero-order chi connectivity index (χ0) is 18.6. The maximum atomic E-state index is 12.7. The van der Waals surface area contributed by atoms with Crippen LogP contribution in [0.4, 0.5) is 0 Å². The lowest BCUT2D eigenvalue weighted by Crippen LogP contribution is -2.51. The van der Waals surface area contributed by atoms with Crippen molar-refractivity contribution in [2.75, 3.05) is 19.7 Å². The first-order valence-electron chi connectivity index (χ1n) is 10.9. The summed E-state index contributed by atoms with van der Waals surface area (Å²) < 4.78 is 11.8. The van der Waals surface area contributed by atoms with Crippen LogP contribution >= 0.6 is 0 Å².